The van der Waals surface area contributed by atoms with Crippen molar-refractivity contribution in [2.24, 2.45) is 0 Å². The molecule has 0 amide bonds. The topological polar surface area (TPSA) is 44.1 Å². The van der Waals surface area contributed by atoms with Gasteiger partial charge in [0.15, 0.2) is 5.78 Å². The molecule has 0 bridgehead atoms. The number of aromatic nitrogens is 2. The summed E-state index contributed by atoms with van der Waals surface area (Å²) >= 11 is 0. The molecule has 0 N–H and O–H groups in total. The second kappa shape index (κ2) is 6.75. The fourth-order valence-corrected chi connectivity index (χ4v) is 2.17. The van der Waals surface area contributed by atoms with Gasteiger partial charge < -0.3 is 4.74 Å². The van der Waals surface area contributed by atoms with Crippen LogP contribution in [-0.2, 0) is 0 Å². The molecule has 0 saturated carbocycles. The zero-order valence-electron chi connectivity index (χ0n) is 12.7. The Morgan fingerprint density at radius 1 is 1.09 bits per heavy atom. The zero-order chi connectivity index (χ0) is 16.1. The fourth-order valence-electron chi connectivity index (χ4n) is 2.17. The van der Waals surface area contributed by atoms with Gasteiger partial charge in [-0.15, -0.1) is 0 Å². The largest absolute Gasteiger partial charge is 0.497 e. The highest BCUT2D eigenvalue weighted by atomic mass is 16.5. The van der Waals surface area contributed by atoms with Crippen molar-refractivity contribution in [3.8, 4) is 11.4 Å². The summed E-state index contributed by atoms with van der Waals surface area (Å²) in [6.45, 7) is 0. The van der Waals surface area contributed by atoms with Gasteiger partial charge in [0.1, 0.15) is 5.75 Å². The number of hydrogen-bond donors (Lipinski definition) is 0. The molecular weight excluding hydrogens is 288 g/mol. The zero-order valence-corrected chi connectivity index (χ0v) is 12.7. The second-order valence-corrected chi connectivity index (χ2v) is 4.98. The first kappa shape index (κ1) is 14.8. The van der Waals surface area contributed by atoms with E-state index in [2.05, 4.69) is 5.10 Å². The number of hydrogen-bond acceptors (Lipinski definition) is 3. The van der Waals surface area contributed by atoms with Gasteiger partial charge in [0, 0.05) is 17.3 Å². The maximum Gasteiger partial charge on any atom is 0.185 e. The Kier molecular flexibility index (Phi) is 4.34. The molecule has 114 valence electrons. The summed E-state index contributed by atoms with van der Waals surface area (Å²) in [7, 11) is 1.60. The summed E-state index contributed by atoms with van der Waals surface area (Å²) in [4.78, 5) is 12.1. The molecular formula is C19H16N2O2. The fraction of sp³-hybridized carbons (Fsp3) is 0.0526. The van der Waals surface area contributed by atoms with Crippen LogP contribution in [0.5, 0.6) is 5.75 Å². The number of rotatable bonds is 5. The Morgan fingerprint density at radius 3 is 2.52 bits per heavy atom. The lowest BCUT2D eigenvalue weighted by Crippen LogP contribution is -1.94. The van der Waals surface area contributed by atoms with Gasteiger partial charge in [0.2, 0.25) is 0 Å². The minimum absolute atomic E-state index is 0.0554. The van der Waals surface area contributed by atoms with Crippen molar-refractivity contribution in [2.75, 3.05) is 7.11 Å². The molecule has 23 heavy (non-hydrogen) atoms. The summed E-state index contributed by atoms with van der Waals surface area (Å²) in [5.41, 5.74) is 2.47. The van der Waals surface area contributed by atoms with Gasteiger partial charge in [-0.1, -0.05) is 18.2 Å². The Balaban J connectivity index is 1.72. The first-order valence-corrected chi connectivity index (χ1v) is 7.23. The molecule has 4 nitrogen and oxygen atoms in total. The third kappa shape index (κ3) is 3.55. The minimum Gasteiger partial charge on any atom is -0.497 e. The average molecular weight is 304 g/mol. The molecule has 0 aliphatic rings. The quantitative estimate of drug-likeness (QED) is 0.532. The summed E-state index contributed by atoms with van der Waals surface area (Å²) in [6, 6.07) is 16.9. The van der Waals surface area contributed by atoms with Gasteiger partial charge in [0.25, 0.3) is 0 Å². The number of ether oxygens (including phenoxy) is 1. The van der Waals surface area contributed by atoms with Gasteiger partial charge in [-0.25, -0.2) is 4.68 Å². The molecule has 0 atom stereocenters. The Hall–Kier alpha value is -3.14. The molecule has 2 aromatic carbocycles. The lowest BCUT2D eigenvalue weighted by molar-refractivity contribution is 0.104. The van der Waals surface area contributed by atoms with Gasteiger partial charge in [0.05, 0.1) is 19.0 Å². The number of nitrogens with zero attached hydrogens (tertiary/aromatic N) is 2. The predicted molar refractivity (Wildman–Crippen MR) is 89.9 cm³/mol. The van der Waals surface area contributed by atoms with Crippen molar-refractivity contribution in [3.63, 3.8) is 0 Å². The normalized spacial score (nSPS) is 10.8. The summed E-state index contributed by atoms with van der Waals surface area (Å²) in [5.74, 6) is 0.676. The summed E-state index contributed by atoms with van der Waals surface area (Å²) < 4.78 is 6.86. The SMILES string of the molecule is COc1ccc(C(=O)C=Cc2cnn(-c3ccccc3)c2)cc1. The van der Waals surface area contributed by atoms with E-state index >= 15 is 0 Å². The average Bonchev–Trinajstić information content (AvgIpc) is 3.09. The smallest absolute Gasteiger partial charge is 0.185 e. The molecule has 3 aromatic rings. The van der Waals surface area contributed by atoms with Crippen molar-refractivity contribution < 1.29 is 9.53 Å². The molecule has 0 unspecified atom stereocenters. The third-order valence-corrected chi connectivity index (χ3v) is 3.42. The van der Waals surface area contributed by atoms with Crippen LogP contribution in [0.15, 0.2) is 73.1 Å². The number of allylic oxidation sites excluding steroid dienone is 1. The molecule has 0 aliphatic heterocycles. The van der Waals surface area contributed by atoms with Crippen molar-refractivity contribution in [2.45, 2.75) is 0 Å². The highest BCUT2D eigenvalue weighted by molar-refractivity contribution is 6.06. The van der Waals surface area contributed by atoms with Crippen LogP contribution in [0.25, 0.3) is 11.8 Å². The van der Waals surface area contributed by atoms with Crippen LogP contribution < -0.4 is 4.74 Å². The maximum atomic E-state index is 12.1. The monoisotopic (exact) mass is 304 g/mol. The van der Waals surface area contributed by atoms with Crippen molar-refractivity contribution in [3.05, 3.63) is 84.2 Å². The molecule has 0 fully saturated rings. The number of methoxy groups -OCH3 is 1. The van der Waals surface area contributed by atoms with Gasteiger partial charge in [-0.2, -0.15) is 5.10 Å². The number of ketones is 1. The summed E-state index contributed by atoms with van der Waals surface area (Å²) in [6.07, 6.45) is 6.92. The number of carbonyl (C=O) groups excluding carboxylic acids is 1. The van der Waals surface area contributed by atoms with Crippen molar-refractivity contribution >= 4 is 11.9 Å². The molecule has 0 radical (unpaired) electrons. The van der Waals surface area contributed by atoms with E-state index in [-0.39, 0.29) is 5.78 Å². The first-order chi connectivity index (χ1) is 11.3. The lowest BCUT2D eigenvalue weighted by atomic mass is 10.1. The number of para-hydroxylation sites is 1. The van der Waals surface area contributed by atoms with Gasteiger partial charge >= 0.3 is 0 Å². The standard InChI is InChI=1S/C19H16N2O2/c1-23-18-10-8-16(9-11-18)19(22)12-7-15-13-20-21(14-15)17-5-3-2-4-6-17/h2-14H,1H3. The van der Waals surface area contributed by atoms with Crippen LogP contribution in [0.1, 0.15) is 15.9 Å². The minimum atomic E-state index is -0.0554. The second-order valence-electron chi connectivity index (χ2n) is 4.98. The van der Waals surface area contributed by atoms with E-state index in [9.17, 15) is 4.79 Å². The molecule has 3 rings (SSSR count). The molecule has 1 heterocycles. The van der Waals surface area contributed by atoms with E-state index in [1.807, 2.05) is 36.5 Å². The Bertz CT molecular complexity index is 818. The van der Waals surface area contributed by atoms with E-state index < -0.39 is 0 Å². The van der Waals surface area contributed by atoms with Gasteiger partial charge in [-0.3, -0.25) is 4.79 Å². The molecule has 0 spiro atoms. The van der Waals surface area contributed by atoms with E-state index in [1.165, 1.54) is 0 Å². The number of carbonyl (C=O) groups is 1. The van der Waals surface area contributed by atoms with Crippen LogP contribution in [0, 0.1) is 0 Å². The van der Waals surface area contributed by atoms with Crippen molar-refractivity contribution in [1.29, 1.82) is 0 Å². The molecule has 4 heteroatoms. The highest BCUT2D eigenvalue weighted by Crippen LogP contribution is 2.13. The van der Waals surface area contributed by atoms with Crippen LogP contribution in [0.2, 0.25) is 0 Å². The van der Waals surface area contributed by atoms with Crippen LogP contribution in [0.3, 0.4) is 0 Å². The van der Waals surface area contributed by atoms with Crippen LogP contribution >= 0.6 is 0 Å². The first-order valence-electron chi connectivity index (χ1n) is 7.23. The van der Waals surface area contributed by atoms with Crippen LogP contribution in [-0.4, -0.2) is 22.7 Å². The van der Waals surface area contributed by atoms with E-state index in [0.29, 0.717) is 5.56 Å². The van der Waals surface area contributed by atoms with Gasteiger partial charge in [-0.05, 0) is 48.6 Å². The van der Waals surface area contributed by atoms with E-state index in [0.717, 1.165) is 17.0 Å². The molecule has 0 saturated heterocycles. The van der Waals surface area contributed by atoms with E-state index in [4.69, 9.17) is 4.74 Å². The lowest BCUT2D eigenvalue weighted by Gasteiger charge is -2.00. The summed E-state index contributed by atoms with van der Waals surface area (Å²) in [5, 5.41) is 4.30. The van der Waals surface area contributed by atoms with E-state index in [1.54, 1.807) is 54.4 Å². The Morgan fingerprint density at radius 2 is 1.83 bits per heavy atom. The highest BCUT2D eigenvalue weighted by Gasteiger charge is 2.03. The van der Waals surface area contributed by atoms with Crippen LogP contribution in [0.4, 0.5) is 0 Å². The molecule has 1 aromatic heterocycles. The number of benzene rings is 2. The predicted octanol–water partition coefficient (Wildman–Crippen LogP) is 3.78. The molecule has 0 aliphatic carbocycles. The maximum absolute atomic E-state index is 12.1. The third-order valence-electron chi connectivity index (χ3n) is 3.42. The Labute approximate surface area is 134 Å². The van der Waals surface area contributed by atoms with Crippen molar-refractivity contribution in [1.82, 2.24) is 9.78 Å².